The number of carbonyl (C=O) groups is 2. The standard InChI is InChI=1S/C14H20N2O3/c1-2-10(9-15)8-12(17)16-13(14(18)19)11-6-4-3-5-7-11/h3-7,10,13H,2,8-9,15H2,1H3,(H,16,17)(H,18,19)/t10?,13-/m1/s1. The average molecular weight is 264 g/mol. The molecule has 1 rings (SSSR count). The Balaban J connectivity index is 2.70. The summed E-state index contributed by atoms with van der Waals surface area (Å²) < 4.78 is 0. The van der Waals surface area contributed by atoms with E-state index in [2.05, 4.69) is 5.32 Å². The predicted octanol–water partition coefficient (Wildman–Crippen LogP) is 1.30. The Morgan fingerprint density at radius 3 is 2.42 bits per heavy atom. The third-order valence-electron chi connectivity index (χ3n) is 3.07. The van der Waals surface area contributed by atoms with Gasteiger partial charge in [-0.05, 0) is 18.0 Å². The topological polar surface area (TPSA) is 92.4 Å². The van der Waals surface area contributed by atoms with Crippen molar-refractivity contribution in [1.82, 2.24) is 5.32 Å². The third kappa shape index (κ3) is 4.71. The van der Waals surface area contributed by atoms with Gasteiger partial charge in [0, 0.05) is 6.42 Å². The third-order valence-corrected chi connectivity index (χ3v) is 3.07. The number of hydrogen-bond acceptors (Lipinski definition) is 3. The van der Waals surface area contributed by atoms with E-state index in [1.165, 1.54) is 0 Å². The van der Waals surface area contributed by atoms with Crippen molar-refractivity contribution in [3.63, 3.8) is 0 Å². The Bertz CT molecular complexity index is 416. The van der Waals surface area contributed by atoms with E-state index in [4.69, 9.17) is 5.73 Å². The molecule has 0 aliphatic heterocycles. The zero-order valence-corrected chi connectivity index (χ0v) is 11.0. The maximum Gasteiger partial charge on any atom is 0.330 e. The molecule has 1 unspecified atom stereocenters. The molecule has 5 heteroatoms. The molecule has 0 heterocycles. The lowest BCUT2D eigenvalue weighted by atomic mass is 10.0. The van der Waals surface area contributed by atoms with Gasteiger partial charge in [0.05, 0.1) is 0 Å². The van der Waals surface area contributed by atoms with Crippen LogP contribution >= 0.6 is 0 Å². The minimum absolute atomic E-state index is 0.0882. The second-order valence-corrected chi connectivity index (χ2v) is 4.46. The van der Waals surface area contributed by atoms with Crippen LogP contribution in [-0.2, 0) is 9.59 Å². The summed E-state index contributed by atoms with van der Waals surface area (Å²) in [5.74, 6) is -1.26. The van der Waals surface area contributed by atoms with E-state index in [0.717, 1.165) is 6.42 Å². The summed E-state index contributed by atoms with van der Waals surface area (Å²) in [6.07, 6.45) is 1.05. The Morgan fingerprint density at radius 2 is 1.95 bits per heavy atom. The molecule has 1 aromatic carbocycles. The lowest BCUT2D eigenvalue weighted by Crippen LogP contribution is -2.35. The molecule has 0 saturated carbocycles. The Kier molecular flexibility index (Phi) is 6.02. The summed E-state index contributed by atoms with van der Waals surface area (Å²) in [6, 6.07) is 7.63. The van der Waals surface area contributed by atoms with Crippen LogP contribution in [-0.4, -0.2) is 23.5 Å². The highest BCUT2D eigenvalue weighted by molar-refractivity contribution is 5.84. The molecule has 0 aliphatic rings. The van der Waals surface area contributed by atoms with Crippen molar-refractivity contribution < 1.29 is 14.7 Å². The van der Waals surface area contributed by atoms with Crippen LogP contribution in [0.3, 0.4) is 0 Å². The molecule has 19 heavy (non-hydrogen) atoms. The second-order valence-electron chi connectivity index (χ2n) is 4.46. The normalized spacial score (nSPS) is 13.6. The molecule has 104 valence electrons. The van der Waals surface area contributed by atoms with Crippen LogP contribution in [0.25, 0.3) is 0 Å². The van der Waals surface area contributed by atoms with Crippen LogP contribution in [0.4, 0.5) is 0 Å². The molecule has 1 aromatic rings. The summed E-state index contributed by atoms with van der Waals surface area (Å²) in [6.45, 7) is 2.38. The minimum Gasteiger partial charge on any atom is -0.479 e. The fourth-order valence-electron chi connectivity index (χ4n) is 1.81. The number of aliphatic carboxylic acids is 1. The number of carboxylic acid groups (broad SMARTS) is 1. The minimum atomic E-state index is -1.07. The first kappa shape index (κ1) is 15.2. The summed E-state index contributed by atoms with van der Waals surface area (Å²) >= 11 is 0. The molecule has 0 aliphatic carbocycles. The zero-order valence-electron chi connectivity index (χ0n) is 11.0. The molecule has 0 saturated heterocycles. The Hall–Kier alpha value is -1.88. The van der Waals surface area contributed by atoms with Gasteiger partial charge in [-0.3, -0.25) is 4.79 Å². The molecule has 0 spiro atoms. The van der Waals surface area contributed by atoms with Gasteiger partial charge in [0.15, 0.2) is 6.04 Å². The molecular formula is C14H20N2O3. The van der Waals surface area contributed by atoms with Crippen molar-refractivity contribution in [2.75, 3.05) is 6.54 Å². The predicted molar refractivity (Wildman–Crippen MR) is 72.4 cm³/mol. The van der Waals surface area contributed by atoms with E-state index in [1.807, 2.05) is 6.92 Å². The van der Waals surface area contributed by atoms with Crippen molar-refractivity contribution in [3.8, 4) is 0 Å². The lowest BCUT2D eigenvalue weighted by molar-refractivity contribution is -0.142. The van der Waals surface area contributed by atoms with Gasteiger partial charge in [-0.15, -0.1) is 0 Å². The highest BCUT2D eigenvalue weighted by Gasteiger charge is 2.22. The van der Waals surface area contributed by atoms with Crippen LogP contribution < -0.4 is 11.1 Å². The van der Waals surface area contributed by atoms with Gasteiger partial charge in [0.25, 0.3) is 0 Å². The average Bonchev–Trinajstić information content (AvgIpc) is 2.42. The quantitative estimate of drug-likeness (QED) is 0.692. The SMILES string of the molecule is CCC(CN)CC(=O)N[C@@H](C(=O)O)c1ccccc1. The van der Waals surface area contributed by atoms with E-state index in [1.54, 1.807) is 30.3 Å². The van der Waals surface area contributed by atoms with Gasteiger partial charge in [-0.25, -0.2) is 4.79 Å². The largest absolute Gasteiger partial charge is 0.479 e. The number of nitrogens with two attached hydrogens (primary N) is 1. The number of carboxylic acids is 1. The molecule has 0 aromatic heterocycles. The molecule has 0 fully saturated rings. The number of benzene rings is 1. The molecule has 0 radical (unpaired) electrons. The van der Waals surface area contributed by atoms with Crippen LogP contribution in [0.2, 0.25) is 0 Å². The van der Waals surface area contributed by atoms with Gasteiger partial charge in [-0.1, -0.05) is 43.7 Å². The fraction of sp³-hybridized carbons (Fsp3) is 0.429. The van der Waals surface area contributed by atoms with Crippen molar-refractivity contribution >= 4 is 11.9 Å². The fourth-order valence-corrected chi connectivity index (χ4v) is 1.81. The zero-order chi connectivity index (χ0) is 14.3. The number of rotatable bonds is 7. The van der Waals surface area contributed by atoms with Gasteiger partial charge < -0.3 is 16.2 Å². The van der Waals surface area contributed by atoms with Crippen molar-refractivity contribution in [1.29, 1.82) is 0 Å². The summed E-state index contributed by atoms with van der Waals surface area (Å²) in [4.78, 5) is 23.1. The van der Waals surface area contributed by atoms with Crippen molar-refractivity contribution in [3.05, 3.63) is 35.9 Å². The highest BCUT2D eigenvalue weighted by atomic mass is 16.4. The summed E-state index contributed by atoms with van der Waals surface area (Å²) in [5.41, 5.74) is 6.10. The van der Waals surface area contributed by atoms with Crippen molar-refractivity contribution in [2.24, 2.45) is 11.7 Å². The highest BCUT2D eigenvalue weighted by Crippen LogP contribution is 2.14. The van der Waals surface area contributed by atoms with Gasteiger partial charge >= 0.3 is 5.97 Å². The maximum atomic E-state index is 11.8. The van der Waals surface area contributed by atoms with Crippen LogP contribution in [0, 0.1) is 5.92 Å². The van der Waals surface area contributed by atoms with Gasteiger partial charge in [0.2, 0.25) is 5.91 Å². The second kappa shape index (κ2) is 7.53. The van der Waals surface area contributed by atoms with Crippen molar-refractivity contribution in [2.45, 2.75) is 25.8 Å². The first-order valence-corrected chi connectivity index (χ1v) is 6.35. The first-order chi connectivity index (χ1) is 9.08. The number of hydrogen-bond donors (Lipinski definition) is 3. The molecule has 0 bridgehead atoms. The van der Waals surface area contributed by atoms with E-state index >= 15 is 0 Å². The van der Waals surface area contributed by atoms with Crippen LogP contribution in [0.15, 0.2) is 30.3 Å². The smallest absolute Gasteiger partial charge is 0.330 e. The number of carbonyl (C=O) groups excluding carboxylic acids is 1. The molecule has 5 nitrogen and oxygen atoms in total. The Labute approximate surface area is 112 Å². The molecule has 4 N–H and O–H groups in total. The van der Waals surface area contributed by atoms with E-state index in [-0.39, 0.29) is 18.2 Å². The first-order valence-electron chi connectivity index (χ1n) is 6.35. The molecule has 1 amide bonds. The number of amides is 1. The maximum absolute atomic E-state index is 11.8. The van der Waals surface area contributed by atoms with Crippen LogP contribution in [0.1, 0.15) is 31.4 Å². The Morgan fingerprint density at radius 1 is 1.32 bits per heavy atom. The van der Waals surface area contributed by atoms with E-state index < -0.39 is 12.0 Å². The summed E-state index contributed by atoms with van der Waals surface area (Å²) in [7, 11) is 0. The van der Waals surface area contributed by atoms with E-state index in [9.17, 15) is 14.7 Å². The van der Waals surface area contributed by atoms with Gasteiger partial charge in [-0.2, -0.15) is 0 Å². The monoisotopic (exact) mass is 264 g/mol. The molecule has 2 atom stereocenters. The summed E-state index contributed by atoms with van der Waals surface area (Å²) in [5, 5.41) is 11.7. The molecular weight excluding hydrogens is 244 g/mol. The number of nitrogens with one attached hydrogen (secondary N) is 1. The van der Waals surface area contributed by atoms with Crippen LogP contribution in [0.5, 0.6) is 0 Å². The van der Waals surface area contributed by atoms with Gasteiger partial charge in [0.1, 0.15) is 0 Å². The van der Waals surface area contributed by atoms with E-state index in [0.29, 0.717) is 12.1 Å². The lowest BCUT2D eigenvalue weighted by Gasteiger charge is -2.17.